The summed E-state index contributed by atoms with van der Waals surface area (Å²) >= 11 is 0. The van der Waals surface area contributed by atoms with Crippen LogP contribution in [0.1, 0.15) is 13.3 Å². The van der Waals surface area contributed by atoms with Crippen LogP contribution in [0, 0.1) is 5.92 Å². The molecule has 1 saturated heterocycles. The first-order valence-electron chi connectivity index (χ1n) is 4.45. The third kappa shape index (κ3) is 2.21. The number of ether oxygens (including phenoxy) is 1. The zero-order valence-electron chi connectivity index (χ0n) is 8.36. The molecular weight excluding hydrogens is 190 g/mol. The van der Waals surface area contributed by atoms with Gasteiger partial charge in [-0.1, -0.05) is 6.92 Å². The van der Waals surface area contributed by atoms with Gasteiger partial charge in [0.25, 0.3) is 0 Å². The molecule has 0 amide bonds. The van der Waals surface area contributed by atoms with Gasteiger partial charge < -0.3 is 4.74 Å². The van der Waals surface area contributed by atoms with Gasteiger partial charge in [-0.2, -0.15) is 0 Å². The molecule has 13 heavy (non-hydrogen) atoms. The van der Waals surface area contributed by atoms with Crippen molar-refractivity contribution in [3.8, 4) is 0 Å². The summed E-state index contributed by atoms with van der Waals surface area (Å²) in [6.45, 7) is 3.03. The highest BCUT2D eigenvalue weighted by Crippen LogP contribution is 2.22. The average molecular weight is 207 g/mol. The lowest BCUT2D eigenvalue weighted by Gasteiger charge is -2.30. The molecule has 78 valence electrons. The van der Waals surface area contributed by atoms with Gasteiger partial charge in [0, 0.05) is 20.7 Å². The predicted octanol–water partition coefficient (Wildman–Crippen LogP) is 0.303. The van der Waals surface area contributed by atoms with Crippen molar-refractivity contribution in [2.75, 3.05) is 27.3 Å². The molecule has 1 aliphatic heterocycles. The first-order chi connectivity index (χ1) is 5.96. The molecule has 0 unspecified atom stereocenters. The standard InChI is InChI=1S/C8H17NO3S/c1-7-6-12-5-4-8(7)13(10,11)9(2)3/h7-8H,4-6H2,1-3H3/t7-,8+/m0/s1. The first kappa shape index (κ1) is 10.9. The van der Waals surface area contributed by atoms with Gasteiger partial charge >= 0.3 is 0 Å². The molecule has 0 aromatic heterocycles. The minimum absolute atomic E-state index is 0.0983. The normalized spacial score (nSPS) is 30.8. The van der Waals surface area contributed by atoms with E-state index in [9.17, 15) is 8.42 Å². The minimum atomic E-state index is -3.10. The van der Waals surface area contributed by atoms with Gasteiger partial charge in [0.15, 0.2) is 0 Å². The molecule has 0 spiro atoms. The van der Waals surface area contributed by atoms with Crippen molar-refractivity contribution in [1.29, 1.82) is 0 Å². The van der Waals surface area contributed by atoms with Crippen LogP contribution < -0.4 is 0 Å². The Morgan fingerprint density at radius 2 is 2.00 bits per heavy atom. The maximum Gasteiger partial charge on any atom is 0.216 e. The summed E-state index contributed by atoms with van der Waals surface area (Å²) in [6.07, 6.45) is 0.613. The van der Waals surface area contributed by atoms with E-state index in [2.05, 4.69) is 0 Å². The van der Waals surface area contributed by atoms with Gasteiger partial charge in [-0.25, -0.2) is 12.7 Å². The van der Waals surface area contributed by atoms with Gasteiger partial charge in [0.05, 0.1) is 11.9 Å². The molecule has 1 heterocycles. The first-order valence-corrected chi connectivity index (χ1v) is 5.95. The molecule has 0 aromatic rings. The van der Waals surface area contributed by atoms with Crippen LogP contribution in [0.2, 0.25) is 0 Å². The molecule has 1 aliphatic rings. The monoisotopic (exact) mass is 207 g/mol. The van der Waals surface area contributed by atoms with Crippen LogP contribution in [-0.4, -0.2) is 45.3 Å². The summed E-state index contributed by atoms with van der Waals surface area (Å²) in [6, 6.07) is 0. The van der Waals surface area contributed by atoms with Crippen molar-refractivity contribution in [2.45, 2.75) is 18.6 Å². The highest BCUT2D eigenvalue weighted by atomic mass is 32.2. The lowest BCUT2D eigenvalue weighted by atomic mass is 10.0. The van der Waals surface area contributed by atoms with E-state index in [1.165, 1.54) is 4.31 Å². The number of hydrogen-bond donors (Lipinski definition) is 0. The summed E-state index contributed by atoms with van der Waals surface area (Å²) < 4.78 is 30.0. The molecule has 4 nitrogen and oxygen atoms in total. The Balaban J connectivity index is 2.80. The number of hydrogen-bond acceptors (Lipinski definition) is 3. The van der Waals surface area contributed by atoms with Gasteiger partial charge in [-0.3, -0.25) is 0 Å². The van der Waals surface area contributed by atoms with E-state index in [0.717, 1.165) is 0 Å². The Labute approximate surface area is 79.9 Å². The van der Waals surface area contributed by atoms with Crippen molar-refractivity contribution in [1.82, 2.24) is 4.31 Å². The van der Waals surface area contributed by atoms with Gasteiger partial charge in [-0.15, -0.1) is 0 Å². The Morgan fingerprint density at radius 3 is 2.46 bits per heavy atom. The summed E-state index contributed by atoms with van der Waals surface area (Å²) in [5, 5.41) is -0.267. The predicted molar refractivity (Wildman–Crippen MR) is 51.0 cm³/mol. The zero-order chi connectivity index (χ0) is 10.1. The second kappa shape index (κ2) is 3.94. The Bertz CT molecular complexity index is 261. The molecule has 2 atom stereocenters. The van der Waals surface area contributed by atoms with Crippen molar-refractivity contribution in [2.24, 2.45) is 5.92 Å². The minimum Gasteiger partial charge on any atom is -0.381 e. The number of sulfonamides is 1. The summed E-state index contributed by atoms with van der Waals surface area (Å²) in [7, 11) is 0.0659. The van der Waals surface area contributed by atoms with Crippen LogP contribution in [0.25, 0.3) is 0 Å². The highest BCUT2D eigenvalue weighted by molar-refractivity contribution is 7.89. The summed E-state index contributed by atoms with van der Waals surface area (Å²) in [5.74, 6) is 0.0983. The van der Waals surface area contributed by atoms with Gasteiger partial charge in [0.1, 0.15) is 0 Å². The molecule has 0 aromatic carbocycles. The summed E-state index contributed by atoms with van der Waals surface area (Å²) in [4.78, 5) is 0. The van der Waals surface area contributed by atoms with E-state index in [1.54, 1.807) is 14.1 Å². The maximum atomic E-state index is 11.8. The number of rotatable bonds is 2. The Kier molecular flexibility index (Phi) is 3.32. The van der Waals surface area contributed by atoms with E-state index < -0.39 is 10.0 Å². The molecular formula is C8H17NO3S. The van der Waals surface area contributed by atoms with Crippen LogP contribution in [-0.2, 0) is 14.8 Å². The van der Waals surface area contributed by atoms with Crippen LogP contribution in [0.4, 0.5) is 0 Å². The zero-order valence-corrected chi connectivity index (χ0v) is 9.17. The fraction of sp³-hybridized carbons (Fsp3) is 1.00. The van der Waals surface area contributed by atoms with E-state index in [-0.39, 0.29) is 11.2 Å². The fourth-order valence-corrected chi connectivity index (χ4v) is 3.18. The second-order valence-corrected chi connectivity index (χ2v) is 6.07. The molecule has 5 heteroatoms. The van der Waals surface area contributed by atoms with Crippen molar-refractivity contribution in [3.63, 3.8) is 0 Å². The van der Waals surface area contributed by atoms with Crippen LogP contribution in [0.15, 0.2) is 0 Å². The SMILES string of the molecule is C[C@H]1COCC[C@H]1S(=O)(=O)N(C)C. The van der Waals surface area contributed by atoms with Crippen LogP contribution >= 0.6 is 0 Å². The molecule has 0 aliphatic carbocycles. The van der Waals surface area contributed by atoms with Crippen LogP contribution in [0.5, 0.6) is 0 Å². The van der Waals surface area contributed by atoms with Crippen LogP contribution in [0.3, 0.4) is 0 Å². The number of nitrogens with zero attached hydrogens (tertiary/aromatic N) is 1. The maximum absolute atomic E-state index is 11.8. The largest absolute Gasteiger partial charge is 0.381 e. The molecule has 0 N–H and O–H groups in total. The topological polar surface area (TPSA) is 46.6 Å². The van der Waals surface area contributed by atoms with E-state index >= 15 is 0 Å². The molecule has 0 saturated carbocycles. The molecule has 1 rings (SSSR count). The summed E-state index contributed by atoms with van der Waals surface area (Å²) in [5.41, 5.74) is 0. The smallest absolute Gasteiger partial charge is 0.216 e. The fourth-order valence-electron chi connectivity index (χ4n) is 1.57. The third-order valence-corrected chi connectivity index (χ3v) is 4.94. The van der Waals surface area contributed by atoms with Gasteiger partial charge in [0.2, 0.25) is 10.0 Å². The second-order valence-electron chi connectivity index (χ2n) is 3.71. The van der Waals surface area contributed by atoms with Gasteiger partial charge in [-0.05, 0) is 12.3 Å². The molecule has 0 bridgehead atoms. The Morgan fingerprint density at radius 1 is 1.38 bits per heavy atom. The quantitative estimate of drug-likeness (QED) is 0.654. The van der Waals surface area contributed by atoms with E-state index in [4.69, 9.17) is 4.74 Å². The van der Waals surface area contributed by atoms with E-state index in [0.29, 0.717) is 19.6 Å². The lowest BCUT2D eigenvalue weighted by molar-refractivity contribution is 0.0628. The third-order valence-electron chi connectivity index (χ3n) is 2.45. The van der Waals surface area contributed by atoms with Crippen molar-refractivity contribution < 1.29 is 13.2 Å². The Hall–Kier alpha value is -0.130. The lowest BCUT2D eigenvalue weighted by Crippen LogP contribution is -2.42. The van der Waals surface area contributed by atoms with Crippen molar-refractivity contribution in [3.05, 3.63) is 0 Å². The van der Waals surface area contributed by atoms with Crippen molar-refractivity contribution >= 4 is 10.0 Å². The average Bonchev–Trinajstić information content (AvgIpc) is 2.04. The molecule has 1 fully saturated rings. The highest BCUT2D eigenvalue weighted by Gasteiger charge is 2.34. The van der Waals surface area contributed by atoms with E-state index in [1.807, 2.05) is 6.92 Å². The molecule has 0 radical (unpaired) electrons.